The number of nitrogens with zero attached hydrogens (tertiary/aromatic N) is 2. The summed E-state index contributed by atoms with van der Waals surface area (Å²) < 4.78 is 8.07. The summed E-state index contributed by atoms with van der Waals surface area (Å²) in [7, 11) is 0. The smallest absolute Gasteiger partial charge is 0.228 e. The molecule has 0 fully saturated rings. The van der Waals surface area contributed by atoms with Gasteiger partial charge < -0.3 is 14.6 Å². The molecule has 1 aliphatic rings. The number of nitrogens with one attached hydrogen (secondary N) is 1. The number of hydrogen-bond donors (Lipinski definition) is 1. The number of rotatable bonds is 4. The molecule has 3 aromatic rings. The molecule has 1 aliphatic heterocycles. The first-order valence-electron chi connectivity index (χ1n) is 8.83. The fraction of sp³-hybridized carbons (Fsp3) is 0.238. The number of amides is 1. The maximum atomic E-state index is 12.7. The molecule has 1 atom stereocenters. The van der Waals surface area contributed by atoms with Gasteiger partial charge in [0, 0.05) is 31.3 Å². The van der Waals surface area contributed by atoms with Gasteiger partial charge in [-0.25, -0.2) is 4.98 Å². The molecule has 1 amide bonds. The Morgan fingerprint density at radius 3 is 2.85 bits per heavy atom. The third-order valence-electron chi connectivity index (χ3n) is 4.71. The van der Waals surface area contributed by atoms with E-state index >= 15 is 0 Å². The van der Waals surface area contributed by atoms with E-state index in [2.05, 4.69) is 14.9 Å². The molecule has 0 saturated heterocycles. The molecule has 5 heteroatoms. The Bertz CT molecular complexity index is 915. The Hall–Kier alpha value is -3.08. The summed E-state index contributed by atoms with van der Waals surface area (Å²) in [6, 6.07) is 15.4. The van der Waals surface area contributed by atoms with Gasteiger partial charge in [0.05, 0.1) is 5.69 Å². The average molecular weight is 347 g/mol. The van der Waals surface area contributed by atoms with Crippen LogP contribution < -0.4 is 10.1 Å². The predicted molar refractivity (Wildman–Crippen MR) is 100 cm³/mol. The lowest BCUT2D eigenvalue weighted by atomic mass is 9.97. The van der Waals surface area contributed by atoms with E-state index in [1.54, 1.807) is 6.20 Å². The second-order valence-electron chi connectivity index (χ2n) is 6.63. The van der Waals surface area contributed by atoms with E-state index in [0.29, 0.717) is 17.9 Å². The number of ether oxygens (including phenoxy) is 1. The van der Waals surface area contributed by atoms with Crippen LogP contribution in [0.5, 0.6) is 11.5 Å². The Balaban J connectivity index is 1.48. The summed E-state index contributed by atoms with van der Waals surface area (Å²) in [6.07, 6.45) is 5.24. The molecule has 0 saturated carbocycles. The second kappa shape index (κ2) is 7.04. The Labute approximate surface area is 152 Å². The van der Waals surface area contributed by atoms with Crippen molar-refractivity contribution >= 4 is 11.6 Å². The lowest BCUT2D eigenvalue weighted by Crippen LogP contribution is -2.30. The first-order chi connectivity index (χ1) is 12.7. The van der Waals surface area contributed by atoms with Crippen LogP contribution in [0.3, 0.4) is 0 Å². The van der Waals surface area contributed by atoms with Crippen molar-refractivity contribution in [3.8, 4) is 11.5 Å². The van der Waals surface area contributed by atoms with E-state index in [9.17, 15) is 4.79 Å². The maximum absolute atomic E-state index is 12.7. The average Bonchev–Trinajstić information content (AvgIpc) is 3.13. The second-order valence-corrected chi connectivity index (χ2v) is 6.63. The van der Waals surface area contributed by atoms with Crippen LogP contribution in [0.25, 0.3) is 0 Å². The van der Waals surface area contributed by atoms with Gasteiger partial charge in [-0.2, -0.15) is 0 Å². The molecular weight excluding hydrogens is 326 g/mol. The lowest BCUT2D eigenvalue weighted by molar-refractivity contribution is -0.120. The Morgan fingerprint density at radius 1 is 1.19 bits per heavy atom. The number of hydrogen-bond acceptors (Lipinski definition) is 3. The SMILES string of the molecule is Cc1ccc(Oc2ccccc2NC(=O)[C@@H]2CCn3ccnc3C2)cc1. The number of imidazole rings is 1. The molecule has 26 heavy (non-hydrogen) atoms. The van der Waals surface area contributed by atoms with Gasteiger partial charge in [0.1, 0.15) is 11.6 Å². The molecule has 0 radical (unpaired) electrons. The third-order valence-corrected chi connectivity index (χ3v) is 4.71. The zero-order valence-electron chi connectivity index (χ0n) is 14.7. The van der Waals surface area contributed by atoms with Crippen molar-refractivity contribution < 1.29 is 9.53 Å². The highest BCUT2D eigenvalue weighted by atomic mass is 16.5. The molecule has 0 bridgehead atoms. The minimum atomic E-state index is -0.0719. The van der Waals surface area contributed by atoms with Crippen molar-refractivity contribution in [2.45, 2.75) is 26.3 Å². The van der Waals surface area contributed by atoms with Gasteiger partial charge in [0.25, 0.3) is 0 Å². The molecule has 5 nitrogen and oxygen atoms in total. The normalized spacial score (nSPS) is 16.0. The minimum Gasteiger partial charge on any atom is -0.455 e. The van der Waals surface area contributed by atoms with E-state index in [4.69, 9.17) is 4.74 Å². The van der Waals surface area contributed by atoms with Crippen molar-refractivity contribution in [2.24, 2.45) is 5.92 Å². The fourth-order valence-electron chi connectivity index (χ4n) is 3.20. The van der Waals surface area contributed by atoms with E-state index in [0.717, 1.165) is 24.5 Å². The number of aromatic nitrogens is 2. The highest BCUT2D eigenvalue weighted by molar-refractivity contribution is 5.94. The number of anilines is 1. The van der Waals surface area contributed by atoms with Crippen LogP contribution in [0.2, 0.25) is 0 Å². The Kier molecular flexibility index (Phi) is 4.44. The molecule has 2 heterocycles. The summed E-state index contributed by atoms with van der Waals surface area (Å²) in [5.74, 6) is 2.30. The predicted octanol–water partition coefficient (Wildman–Crippen LogP) is 4.18. The largest absolute Gasteiger partial charge is 0.455 e. The minimum absolute atomic E-state index is 0.0132. The van der Waals surface area contributed by atoms with Crippen molar-refractivity contribution in [1.82, 2.24) is 9.55 Å². The monoisotopic (exact) mass is 347 g/mol. The molecular formula is C21H21N3O2. The van der Waals surface area contributed by atoms with Gasteiger partial charge in [0.2, 0.25) is 5.91 Å². The van der Waals surface area contributed by atoms with E-state index < -0.39 is 0 Å². The summed E-state index contributed by atoms with van der Waals surface area (Å²) >= 11 is 0. The molecule has 2 aromatic carbocycles. The standard InChI is InChI=1S/C21H21N3O2/c1-15-6-8-17(9-7-15)26-19-5-3-2-4-18(19)23-21(25)16-10-12-24-13-11-22-20(24)14-16/h2-9,11,13,16H,10,12,14H2,1H3,(H,23,25)/t16-/m1/s1. The van der Waals surface area contributed by atoms with Crippen molar-refractivity contribution in [1.29, 1.82) is 0 Å². The summed E-state index contributed by atoms with van der Waals surface area (Å²) in [5.41, 5.74) is 1.86. The number of carbonyl (C=O) groups excluding carboxylic acids is 1. The highest BCUT2D eigenvalue weighted by Gasteiger charge is 2.26. The number of benzene rings is 2. The Morgan fingerprint density at radius 2 is 2.00 bits per heavy atom. The summed E-state index contributed by atoms with van der Waals surface area (Å²) in [5, 5.41) is 3.03. The van der Waals surface area contributed by atoms with Gasteiger partial charge in [-0.15, -0.1) is 0 Å². The highest BCUT2D eigenvalue weighted by Crippen LogP contribution is 2.30. The summed E-state index contributed by atoms with van der Waals surface area (Å²) in [4.78, 5) is 17.1. The van der Waals surface area contributed by atoms with E-state index in [1.165, 1.54) is 5.56 Å². The summed E-state index contributed by atoms with van der Waals surface area (Å²) in [6.45, 7) is 2.86. The number of para-hydroxylation sites is 2. The maximum Gasteiger partial charge on any atom is 0.228 e. The van der Waals surface area contributed by atoms with Gasteiger partial charge in [-0.3, -0.25) is 4.79 Å². The fourth-order valence-corrected chi connectivity index (χ4v) is 3.20. The number of carbonyl (C=O) groups is 1. The van der Waals surface area contributed by atoms with Crippen LogP contribution in [0.1, 0.15) is 17.8 Å². The van der Waals surface area contributed by atoms with Crippen molar-refractivity contribution in [3.63, 3.8) is 0 Å². The zero-order valence-corrected chi connectivity index (χ0v) is 14.7. The number of fused-ring (bicyclic) bond motifs is 1. The number of aryl methyl sites for hydroxylation is 2. The van der Waals surface area contributed by atoms with Crippen LogP contribution in [-0.2, 0) is 17.8 Å². The van der Waals surface area contributed by atoms with Gasteiger partial charge in [-0.05, 0) is 37.6 Å². The van der Waals surface area contributed by atoms with Gasteiger partial charge in [-0.1, -0.05) is 29.8 Å². The molecule has 1 N–H and O–H groups in total. The van der Waals surface area contributed by atoms with Crippen molar-refractivity contribution in [3.05, 3.63) is 72.3 Å². The third kappa shape index (κ3) is 3.47. The molecule has 1 aromatic heterocycles. The van der Waals surface area contributed by atoms with Gasteiger partial charge in [0.15, 0.2) is 5.75 Å². The van der Waals surface area contributed by atoms with Crippen LogP contribution >= 0.6 is 0 Å². The van der Waals surface area contributed by atoms with Crippen LogP contribution in [0.4, 0.5) is 5.69 Å². The first kappa shape index (κ1) is 16.4. The molecule has 0 spiro atoms. The molecule has 4 rings (SSSR count). The van der Waals surface area contributed by atoms with Crippen LogP contribution in [0.15, 0.2) is 60.9 Å². The molecule has 0 unspecified atom stereocenters. The topological polar surface area (TPSA) is 56.1 Å². The first-order valence-corrected chi connectivity index (χ1v) is 8.83. The van der Waals surface area contributed by atoms with Gasteiger partial charge >= 0.3 is 0 Å². The quantitative estimate of drug-likeness (QED) is 0.770. The zero-order chi connectivity index (χ0) is 17.9. The van der Waals surface area contributed by atoms with Crippen LogP contribution in [-0.4, -0.2) is 15.5 Å². The van der Waals surface area contributed by atoms with Crippen LogP contribution in [0, 0.1) is 12.8 Å². The lowest BCUT2D eigenvalue weighted by Gasteiger charge is -2.23. The van der Waals surface area contributed by atoms with E-state index in [1.807, 2.05) is 61.7 Å². The molecule has 132 valence electrons. The molecule has 0 aliphatic carbocycles. The van der Waals surface area contributed by atoms with E-state index in [-0.39, 0.29) is 11.8 Å². The van der Waals surface area contributed by atoms with Crippen molar-refractivity contribution in [2.75, 3.05) is 5.32 Å².